The molecule has 656 valence electrons. The summed E-state index contributed by atoms with van der Waals surface area (Å²) in [6.45, 7) is 1.56. The Labute approximate surface area is 710 Å². The Morgan fingerprint density at radius 3 is 1.92 bits per heavy atom. The van der Waals surface area contributed by atoms with Gasteiger partial charge in [0.15, 0.2) is 5.96 Å². The summed E-state index contributed by atoms with van der Waals surface area (Å²) in [4.78, 5) is 238. The van der Waals surface area contributed by atoms with Crippen molar-refractivity contribution < 1.29 is 97.1 Å². The van der Waals surface area contributed by atoms with E-state index >= 15 is 24.0 Å². The second-order valence-electron chi connectivity index (χ2n) is 29.8. The Bertz CT molecular complexity index is 4360. The van der Waals surface area contributed by atoms with Crippen LogP contribution in [0.4, 0.5) is 0 Å². The van der Waals surface area contributed by atoms with E-state index in [1.165, 1.54) is 52.8 Å². The summed E-state index contributed by atoms with van der Waals surface area (Å²) in [6.07, 6.45) is 0.247. The van der Waals surface area contributed by atoms with Crippen LogP contribution in [0.3, 0.4) is 0 Å². The molecule has 4 aliphatic rings. The van der Waals surface area contributed by atoms with Gasteiger partial charge in [-0.15, -0.1) is 0 Å². The summed E-state index contributed by atoms with van der Waals surface area (Å²) in [6, 6.07) is 2.55. The summed E-state index contributed by atoms with van der Waals surface area (Å²) in [5.74, 6) is -15.5. The van der Waals surface area contributed by atoms with Gasteiger partial charge in [-0.05, 0) is 105 Å². The summed E-state index contributed by atoms with van der Waals surface area (Å²) in [5.41, 5.74) is 14.2. The molecule has 21 N–H and O–H groups in total. The molecule has 8 rings (SSSR count). The maximum atomic E-state index is 15.6. The zero-order valence-corrected chi connectivity index (χ0v) is 69.7. The van der Waals surface area contributed by atoms with E-state index < -0.39 is 218 Å². The molecule has 1 aromatic heterocycles. The van der Waals surface area contributed by atoms with Crippen LogP contribution in [0.2, 0.25) is 0 Å². The highest BCUT2D eigenvalue weighted by Crippen LogP contribution is 2.30. The van der Waals surface area contributed by atoms with Gasteiger partial charge in [-0.3, -0.25) is 82.1 Å². The van der Waals surface area contributed by atoms with E-state index in [1.807, 2.05) is 18.4 Å². The number of carbonyl (C=O) groups is 16. The number of aliphatic carboxylic acids is 2. The van der Waals surface area contributed by atoms with Gasteiger partial charge >= 0.3 is 11.9 Å². The number of aliphatic hydroxyl groups is 2. The molecule has 3 aromatic carbocycles. The number of carbonyl (C=O) groups excluding carboxylic acids is 14. The average Bonchev–Trinajstić information content (AvgIpc) is 1.52. The van der Waals surface area contributed by atoms with Gasteiger partial charge in [-0.2, -0.15) is 35.3 Å². The number of H-pyrrole nitrogens is 1. The molecular weight excluding hydrogens is 1630 g/mol. The third kappa shape index (κ3) is 28.7. The molecule has 2 saturated heterocycles. The number of amides is 14. The maximum Gasteiger partial charge on any atom is 0.305 e. The second kappa shape index (κ2) is 47.0. The number of aliphatic hydroxyl groups excluding tert-OH is 2. The summed E-state index contributed by atoms with van der Waals surface area (Å²) in [5, 5.41) is 77.6. The molecule has 0 saturated carbocycles. The fraction of sp³-hybridized carbons (Fsp3) is 0.519. The third-order valence-electron chi connectivity index (χ3n) is 20.7. The monoisotopic (exact) mass is 1740 g/mol. The Kier molecular flexibility index (Phi) is 36.9. The molecule has 0 radical (unpaired) electrons. The topological polar surface area (TPSA) is 601 Å². The molecule has 14 amide bonds. The molecule has 4 aliphatic heterocycles. The minimum absolute atomic E-state index is 0.0215. The van der Waals surface area contributed by atoms with Gasteiger partial charge in [0.2, 0.25) is 82.7 Å². The van der Waals surface area contributed by atoms with Gasteiger partial charge in [0, 0.05) is 94.6 Å². The molecule has 4 aromatic rings. The zero-order valence-electron chi connectivity index (χ0n) is 67.2. The molecule has 1 unspecified atom stereocenters. The lowest BCUT2D eigenvalue weighted by Crippen LogP contribution is -2.62. The highest BCUT2D eigenvalue weighted by molar-refractivity contribution is 7.99. The fourth-order valence-electron chi connectivity index (χ4n) is 14.5. The number of carboxylic acids is 2. The van der Waals surface area contributed by atoms with Crippen LogP contribution in [-0.4, -0.2) is 280 Å². The van der Waals surface area contributed by atoms with E-state index in [1.54, 1.807) is 66.7 Å². The van der Waals surface area contributed by atoms with Crippen molar-refractivity contribution in [2.75, 3.05) is 49.8 Å². The Morgan fingerprint density at radius 2 is 1.29 bits per heavy atom. The normalized spacial score (nSPS) is 21.7. The number of hydrogen-bond acceptors (Lipinski definition) is 23. The van der Waals surface area contributed by atoms with Crippen LogP contribution < -0.4 is 70.0 Å². The van der Waals surface area contributed by atoms with E-state index in [0.29, 0.717) is 40.8 Å². The van der Waals surface area contributed by atoms with Gasteiger partial charge in [0.05, 0.1) is 24.5 Å². The number of nitrogens with one attached hydrogen (secondary N) is 13. The first-order valence-corrected chi connectivity index (χ1v) is 43.4. The van der Waals surface area contributed by atoms with Crippen LogP contribution in [0.5, 0.6) is 0 Å². The van der Waals surface area contributed by atoms with Crippen molar-refractivity contribution in [1.82, 2.24) is 83.2 Å². The van der Waals surface area contributed by atoms with Gasteiger partial charge < -0.3 is 110 Å². The first kappa shape index (κ1) is 95.1. The summed E-state index contributed by atoms with van der Waals surface area (Å²) < 4.78 is 0. The van der Waals surface area contributed by atoms with Gasteiger partial charge in [-0.25, -0.2) is 4.98 Å². The SMILES string of the molecule is CSCC[C@H](NC(C)=O)C(=O)N[C@H]1CSCc2cccc(c2)CSC[C@@H](C(=O)N[C@@H](CCO)C(=O)N[C@@H](Cc2c[nH]cn2)C(=O)N2Cc3ccccc3C[C@H]2C(=O)N[C@@H](CCCNC(=N)N)C(=O)N[C@@H](CC(=O)O)C(N)=O)NC(=O)[C@H](Cc2ccccc2)NC(=O)[C@H](CCC(=O)O)NC(=O)[C@H]([C@@H](C)O)NC(=O)[C@@H]2CCCN2C(=O)C2CCCN2C1=O. The van der Waals surface area contributed by atoms with Crippen molar-refractivity contribution in [1.29, 1.82) is 5.41 Å². The Balaban J connectivity index is 1.13. The van der Waals surface area contributed by atoms with Crippen molar-refractivity contribution in [2.45, 2.75) is 206 Å². The van der Waals surface area contributed by atoms with Gasteiger partial charge in [0.1, 0.15) is 78.5 Å². The van der Waals surface area contributed by atoms with Crippen LogP contribution in [0, 0.1) is 5.41 Å². The fourth-order valence-corrected chi connectivity index (χ4v) is 17.0. The molecule has 2 bridgehead atoms. The minimum atomic E-state index is -1.86. The molecule has 2 fully saturated rings. The number of benzene rings is 3. The number of thioether (sulfide) groups is 3. The van der Waals surface area contributed by atoms with Crippen molar-refractivity contribution in [2.24, 2.45) is 11.5 Å². The molecule has 0 aliphatic carbocycles. The number of guanidine groups is 1. The number of aromatic nitrogens is 2. The van der Waals surface area contributed by atoms with Crippen molar-refractivity contribution in [3.05, 3.63) is 125 Å². The number of nitrogens with zero attached hydrogens (tertiary/aromatic N) is 4. The Morgan fingerprint density at radius 1 is 0.669 bits per heavy atom. The second-order valence-corrected chi connectivity index (χ2v) is 32.9. The number of nitrogens with two attached hydrogens (primary N) is 2. The number of rotatable bonds is 32. The van der Waals surface area contributed by atoms with E-state index in [0.717, 1.165) is 29.1 Å². The minimum Gasteiger partial charge on any atom is -0.481 e. The number of imidazole rings is 1. The number of fused-ring (bicyclic) bond motifs is 5. The third-order valence-corrected chi connectivity index (χ3v) is 23.5. The lowest BCUT2D eigenvalue weighted by molar-refractivity contribution is -0.148. The van der Waals surface area contributed by atoms with Gasteiger partial charge in [0.25, 0.3) is 0 Å². The number of primary amides is 1. The molecule has 121 heavy (non-hydrogen) atoms. The largest absolute Gasteiger partial charge is 0.481 e. The Hall–Kier alpha value is -11.4. The highest BCUT2D eigenvalue weighted by atomic mass is 32.2. The number of hydrogen-bond donors (Lipinski definition) is 19. The van der Waals surface area contributed by atoms with E-state index in [4.69, 9.17) is 16.9 Å². The first-order chi connectivity index (χ1) is 57.8. The van der Waals surface area contributed by atoms with E-state index in [9.17, 15) is 73.2 Å². The predicted molar refractivity (Wildman–Crippen MR) is 444 cm³/mol. The van der Waals surface area contributed by atoms with Crippen molar-refractivity contribution >= 4 is 136 Å². The molecule has 42 heteroatoms. The van der Waals surface area contributed by atoms with Crippen LogP contribution in [0.15, 0.2) is 91.4 Å². The van der Waals surface area contributed by atoms with Crippen molar-refractivity contribution in [3.63, 3.8) is 0 Å². The van der Waals surface area contributed by atoms with Crippen LogP contribution in [-0.2, 0) is 114 Å². The lowest BCUT2D eigenvalue weighted by Gasteiger charge is -2.38. The van der Waals surface area contributed by atoms with Crippen LogP contribution in [0.25, 0.3) is 0 Å². The maximum absolute atomic E-state index is 15.6. The summed E-state index contributed by atoms with van der Waals surface area (Å²) in [7, 11) is 0. The molecule has 14 atom stereocenters. The number of aromatic amines is 1. The first-order valence-electron chi connectivity index (χ1n) is 39.6. The standard InChI is InChI=1S/C79H107N19O20S3/c1-43(100)65-75(115)89-52(22-23-63(102)103)68(108)91-56(32-45-13-5-4-6-14-45)71(111)93-58(40-120-38-46-15-9-16-47(31-46)39-121-41-59(94-70(110)54(25-30-119-3)86-44(2)101)77(117)97-28-12-21-61(97)78(118)96-27-11-20-60(96)73(113)95-65)72(112)87-53(24-29-99)69(109)92-57(34-50-36-83-42-85-50)76(116)98-37-49-18-8-7-17-48(49)33-62(98)74(114)88-51(19-10-26-84-79(81)82)67(107)90-55(66(80)106)35-64(104)105/h4-9,13-18,31,36,42-43,51-62,65,99-100H,10-12,19-30,32-35,37-41H2,1-3H3,(H2,80,106)(H,83,85)(H,86,101)(H,87,112)(H,88,114)(H,89,115)(H,90,107)(H,91,108)(H,92,109)(H,93,111)(H,94,110)(H,95,113)(H,102,103)(H,104,105)(H4,81,82,84)/t43-,51+,52+,53+,54+,55+,56+,57+,58+,59+,60+,61?,62+,65+/m1/s1. The molecule has 5 heterocycles. The molecule has 0 spiro atoms. The highest BCUT2D eigenvalue weighted by Gasteiger charge is 2.47. The van der Waals surface area contributed by atoms with Gasteiger partial charge in [-0.1, -0.05) is 78.9 Å². The predicted octanol–water partition coefficient (Wildman–Crippen LogP) is -3.22. The smallest absolute Gasteiger partial charge is 0.305 e. The van der Waals surface area contributed by atoms with Crippen molar-refractivity contribution in [3.8, 4) is 0 Å². The van der Waals surface area contributed by atoms with Crippen LogP contribution >= 0.6 is 35.3 Å². The summed E-state index contributed by atoms with van der Waals surface area (Å²) >= 11 is 3.84. The molecular formula is C79H107N19O20S3. The molecule has 39 nitrogen and oxygen atoms in total. The van der Waals surface area contributed by atoms with Crippen LogP contribution in [0.1, 0.15) is 118 Å². The average molecular weight is 1740 g/mol. The van der Waals surface area contributed by atoms with E-state index in [-0.39, 0.29) is 106 Å². The lowest BCUT2D eigenvalue weighted by atomic mass is 9.92. The zero-order chi connectivity index (χ0) is 88.0. The number of carboxylic acid groups (broad SMARTS) is 2. The van der Waals surface area contributed by atoms with E-state index in [2.05, 4.69) is 68.5 Å². The quantitative estimate of drug-likeness (QED) is 0.0130.